The first-order valence-electron chi connectivity index (χ1n) is 15.3. The fourth-order valence-corrected chi connectivity index (χ4v) is 8.64. The molecular formula is C40H22N4OS2. The predicted molar refractivity (Wildman–Crippen MR) is 195 cm³/mol. The second kappa shape index (κ2) is 10.4. The highest BCUT2D eigenvalue weighted by atomic mass is 32.1. The van der Waals surface area contributed by atoms with Gasteiger partial charge < -0.3 is 4.42 Å². The third-order valence-electron chi connectivity index (χ3n) is 8.57. The minimum Gasteiger partial charge on any atom is -0.456 e. The van der Waals surface area contributed by atoms with Crippen LogP contribution in [-0.2, 0) is 0 Å². The topological polar surface area (TPSA) is 64.7 Å². The third kappa shape index (κ3) is 4.28. The van der Waals surface area contributed by atoms with Gasteiger partial charge >= 0.3 is 0 Å². The Bertz CT molecular complexity index is 2800. The molecule has 0 fully saturated rings. The van der Waals surface area contributed by atoms with Gasteiger partial charge in [-0.3, -0.25) is 0 Å². The Labute approximate surface area is 276 Å². The highest BCUT2D eigenvalue weighted by molar-refractivity contribution is 7.27. The van der Waals surface area contributed by atoms with Gasteiger partial charge in [0.2, 0.25) is 0 Å². The Hall–Kier alpha value is -5.76. The Morgan fingerprint density at radius 1 is 0.426 bits per heavy atom. The van der Waals surface area contributed by atoms with E-state index in [9.17, 15) is 0 Å². The summed E-state index contributed by atoms with van der Waals surface area (Å²) < 4.78 is 9.77. The molecule has 7 heteroatoms. The number of nitrogens with zero attached hydrogens (tertiary/aromatic N) is 4. The van der Waals surface area contributed by atoms with Crippen LogP contribution in [0.5, 0.6) is 0 Å². The fraction of sp³-hybridized carbons (Fsp3) is 0. The highest BCUT2D eigenvalue weighted by Crippen LogP contribution is 2.46. The van der Waals surface area contributed by atoms with Crippen molar-refractivity contribution in [3.63, 3.8) is 0 Å². The van der Waals surface area contributed by atoms with Crippen molar-refractivity contribution in [2.75, 3.05) is 0 Å². The van der Waals surface area contributed by atoms with Gasteiger partial charge in [-0.1, -0.05) is 103 Å². The van der Waals surface area contributed by atoms with Gasteiger partial charge in [-0.2, -0.15) is 0 Å². The molecule has 5 nitrogen and oxygen atoms in total. The molecule has 0 amide bonds. The van der Waals surface area contributed by atoms with Gasteiger partial charge in [-0.15, -0.1) is 22.7 Å². The molecule has 0 bridgehead atoms. The minimum atomic E-state index is 0.583. The lowest BCUT2D eigenvalue weighted by Gasteiger charge is -2.10. The van der Waals surface area contributed by atoms with Crippen LogP contribution in [0, 0.1) is 0 Å². The number of aromatic nitrogens is 4. The molecular weight excluding hydrogens is 617 g/mol. The van der Waals surface area contributed by atoms with E-state index in [0.717, 1.165) is 64.8 Å². The standard InChI is InChI=1S/C40H22N4OS2/c1-3-11-23(12-4-1)37-42-38(25-19-20-27-26-15-7-9-17-29(26)45-30(27)21-25)44-39(43-37)35-34-28-16-8-10-18-31(28)46-32(34)22-33-36(35)41-40(47-33)24-13-5-2-6-14-24/h1-22H. The predicted octanol–water partition coefficient (Wildman–Crippen LogP) is 11.4. The average molecular weight is 639 g/mol. The van der Waals surface area contributed by atoms with Crippen molar-refractivity contribution in [1.82, 2.24) is 19.9 Å². The molecule has 0 radical (unpaired) electrons. The van der Waals surface area contributed by atoms with Gasteiger partial charge in [0.1, 0.15) is 16.2 Å². The van der Waals surface area contributed by atoms with E-state index in [1.54, 1.807) is 22.7 Å². The molecule has 6 aromatic carbocycles. The van der Waals surface area contributed by atoms with Crippen LogP contribution in [0.25, 0.3) is 97.1 Å². The molecule has 0 spiro atoms. The lowest BCUT2D eigenvalue weighted by Crippen LogP contribution is -2.01. The summed E-state index contributed by atoms with van der Waals surface area (Å²) in [5, 5.41) is 5.41. The molecule has 0 aliphatic rings. The van der Waals surface area contributed by atoms with E-state index in [0.29, 0.717) is 17.5 Å². The number of hydrogen-bond donors (Lipinski definition) is 0. The summed E-state index contributed by atoms with van der Waals surface area (Å²) in [6, 6.07) is 45.6. The number of para-hydroxylation sites is 1. The normalized spacial score (nSPS) is 11.8. The van der Waals surface area contributed by atoms with Crippen LogP contribution in [-0.4, -0.2) is 19.9 Å². The van der Waals surface area contributed by atoms with Gasteiger partial charge in [0, 0.05) is 47.6 Å². The first-order valence-corrected chi connectivity index (χ1v) is 16.9. The Morgan fingerprint density at radius 3 is 1.91 bits per heavy atom. The molecule has 220 valence electrons. The Balaban J connectivity index is 1.28. The van der Waals surface area contributed by atoms with Gasteiger partial charge in [-0.05, 0) is 30.3 Å². The zero-order chi connectivity index (χ0) is 30.9. The monoisotopic (exact) mass is 638 g/mol. The van der Waals surface area contributed by atoms with Crippen LogP contribution < -0.4 is 0 Å². The lowest BCUT2D eigenvalue weighted by molar-refractivity contribution is 0.669. The summed E-state index contributed by atoms with van der Waals surface area (Å²) in [5.41, 5.74) is 6.36. The van der Waals surface area contributed by atoms with Crippen LogP contribution in [0.2, 0.25) is 0 Å². The molecule has 0 unspecified atom stereocenters. The van der Waals surface area contributed by atoms with Crippen molar-refractivity contribution in [1.29, 1.82) is 0 Å². The van der Waals surface area contributed by atoms with Crippen LogP contribution in [0.4, 0.5) is 0 Å². The molecule has 0 aliphatic heterocycles. The minimum absolute atomic E-state index is 0.583. The van der Waals surface area contributed by atoms with Crippen LogP contribution in [0.1, 0.15) is 0 Å². The van der Waals surface area contributed by atoms with Gasteiger partial charge in [-0.25, -0.2) is 19.9 Å². The molecule has 47 heavy (non-hydrogen) atoms. The molecule has 10 aromatic rings. The fourth-order valence-electron chi connectivity index (χ4n) is 6.39. The number of thiazole rings is 1. The molecule has 4 aromatic heterocycles. The summed E-state index contributed by atoms with van der Waals surface area (Å²) in [6.07, 6.45) is 0. The maximum absolute atomic E-state index is 6.26. The number of fused-ring (bicyclic) bond motifs is 7. The summed E-state index contributed by atoms with van der Waals surface area (Å²) >= 11 is 3.49. The molecule has 0 saturated carbocycles. The summed E-state index contributed by atoms with van der Waals surface area (Å²) in [4.78, 5) is 20.7. The largest absolute Gasteiger partial charge is 0.456 e. The van der Waals surface area contributed by atoms with Gasteiger partial charge in [0.25, 0.3) is 0 Å². The maximum atomic E-state index is 6.26. The van der Waals surface area contributed by atoms with Crippen molar-refractivity contribution in [2.45, 2.75) is 0 Å². The average Bonchev–Trinajstić information content (AvgIpc) is 3.84. The third-order valence-corrected chi connectivity index (χ3v) is 10.7. The second-order valence-corrected chi connectivity index (χ2v) is 13.6. The molecule has 4 heterocycles. The lowest BCUT2D eigenvalue weighted by atomic mass is 10.0. The molecule has 0 N–H and O–H groups in total. The van der Waals surface area contributed by atoms with Crippen LogP contribution >= 0.6 is 22.7 Å². The van der Waals surface area contributed by atoms with Gasteiger partial charge in [0.05, 0.1) is 15.8 Å². The zero-order valence-corrected chi connectivity index (χ0v) is 26.3. The van der Waals surface area contributed by atoms with Crippen molar-refractivity contribution in [3.05, 3.63) is 133 Å². The SMILES string of the molecule is c1ccc(-c2nc(-c3ccc4c(c3)oc3ccccc34)nc(-c3c4nc(-c5ccccc5)sc4cc4sc5ccccc5c34)n2)cc1. The van der Waals surface area contributed by atoms with Crippen molar-refractivity contribution >= 4 is 75.0 Å². The van der Waals surface area contributed by atoms with Crippen LogP contribution in [0.15, 0.2) is 138 Å². The number of thiophene rings is 1. The first-order chi connectivity index (χ1) is 23.3. The summed E-state index contributed by atoms with van der Waals surface area (Å²) in [6.45, 7) is 0. The van der Waals surface area contributed by atoms with E-state index in [4.69, 9.17) is 24.4 Å². The number of hydrogen-bond acceptors (Lipinski definition) is 7. The van der Waals surface area contributed by atoms with Crippen molar-refractivity contribution in [3.8, 4) is 44.7 Å². The van der Waals surface area contributed by atoms with E-state index in [-0.39, 0.29) is 0 Å². The Morgan fingerprint density at radius 2 is 1.09 bits per heavy atom. The molecule has 10 rings (SSSR count). The van der Waals surface area contributed by atoms with E-state index in [2.05, 4.69) is 72.8 Å². The highest BCUT2D eigenvalue weighted by Gasteiger charge is 2.23. The van der Waals surface area contributed by atoms with Crippen LogP contribution in [0.3, 0.4) is 0 Å². The number of furan rings is 1. The molecule has 0 aliphatic carbocycles. The smallest absolute Gasteiger partial charge is 0.167 e. The van der Waals surface area contributed by atoms with Crippen molar-refractivity contribution in [2.24, 2.45) is 0 Å². The van der Waals surface area contributed by atoms with E-state index in [1.165, 1.54) is 14.8 Å². The van der Waals surface area contributed by atoms with E-state index in [1.807, 2.05) is 60.7 Å². The quantitative estimate of drug-likeness (QED) is 0.192. The molecule has 0 saturated heterocycles. The first kappa shape index (κ1) is 26.5. The van der Waals surface area contributed by atoms with E-state index < -0.39 is 0 Å². The summed E-state index contributed by atoms with van der Waals surface area (Å²) in [5.74, 6) is 1.79. The maximum Gasteiger partial charge on any atom is 0.167 e. The number of rotatable bonds is 4. The Kier molecular flexibility index (Phi) is 5.85. The summed E-state index contributed by atoms with van der Waals surface area (Å²) in [7, 11) is 0. The van der Waals surface area contributed by atoms with Gasteiger partial charge in [0.15, 0.2) is 17.5 Å². The van der Waals surface area contributed by atoms with E-state index >= 15 is 0 Å². The number of benzene rings is 6. The molecule has 0 atom stereocenters. The second-order valence-electron chi connectivity index (χ2n) is 11.4. The zero-order valence-electron chi connectivity index (χ0n) is 24.7. The van der Waals surface area contributed by atoms with Crippen molar-refractivity contribution < 1.29 is 4.42 Å².